The molecule has 404 valence electrons. The average molecular weight is 1000 g/mol. The number of nitrogens with one attached hydrogen (secondary N) is 1. The molecule has 1 aliphatic heterocycles. The standard InChI is InChI=1S/C57H93NO13/c1-7-9-11-13-15-17-19-21-22-24-26-28-30-32-37-41-52(63)58-49(42-66-57-55(69-47(6)62)54(68-46(5)61)53(67-45(4)60)51(71-57)43-65-44(3)59)50(70-56(64)48-38-34-33-35-39-48)40-36-31-29-27-25-23-20-18-16-14-12-10-8-2/h33-36,38-40,49-51,53-55,57H,7-32,37,41-43H2,1-6H3,(H,58,63)/b40-36+/t49-,50+,51+,53+,54-,55+,57+/m0/s1. The van der Waals surface area contributed by atoms with Gasteiger partial charge in [0, 0.05) is 34.1 Å². The van der Waals surface area contributed by atoms with Crippen molar-refractivity contribution in [3.05, 3.63) is 48.0 Å². The number of unbranched alkanes of at least 4 members (excludes halogenated alkanes) is 25. The zero-order valence-electron chi connectivity index (χ0n) is 44.6. The van der Waals surface area contributed by atoms with E-state index in [0.717, 1.165) is 65.7 Å². The molecule has 1 saturated heterocycles. The highest BCUT2D eigenvalue weighted by atomic mass is 16.7. The molecule has 7 atom stereocenters. The lowest BCUT2D eigenvalue weighted by Crippen LogP contribution is -2.63. The van der Waals surface area contributed by atoms with Gasteiger partial charge in [-0.3, -0.25) is 24.0 Å². The Balaban J connectivity index is 2.28. The number of amides is 1. The van der Waals surface area contributed by atoms with Crippen LogP contribution in [-0.2, 0) is 57.1 Å². The van der Waals surface area contributed by atoms with Gasteiger partial charge in [0.05, 0.1) is 18.2 Å². The van der Waals surface area contributed by atoms with Gasteiger partial charge in [-0.25, -0.2) is 4.79 Å². The first kappa shape index (κ1) is 62.8. The minimum absolute atomic E-state index is 0.232. The van der Waals surface area contributed by atoms with Crippen molar-refractivity contribution in [3.8, 4) is 0 Å². The Morgan fingerprint density at radius 3 is 1.49 bits per heavy atom. The van der Waals surface area contributed by atoms with E-state index < -0.39 is 79.3 Å². The quantitative estimate of drug-likeness (QED) is 0.0284. The smallest absolute Gasteiger partial charge is 0.338 e. The summed E-state index contributed by atoms with van der Waals surface area (Å²) < 4.78 is 40.8. The molecule has 2 rings (SSSR count). The summed E-state index contributed by atoms with van der Waals surface area (Å²) in [7, 11) is 0. The van der Waals surface area contributed by atoms with E-state index >= 15 is 0 Å². The first-order valence-corrected chi connectivity index (χ1v) is 27.5. The van der Waals surface area contributed by atoms with Crippen molar-refractivity contribution >= 4 is 35.8 Å². The number of carbonyl (C=O) groups is 6. The Morgan fingerprint density at radius 1 is 0.563 bits per heavy atom. The molecule has 1 aliphatic rings. The molecule has 14 nitrogen and oxygen atoms in total. The van der Waals surface area contributed by atoms with Crippen LogP contribution in [0.3, 0.4) is 0 Å². The van der Waals surface area contributed by atoms with Gasteiger partial charge in [0.1, 0.15) is 18.8 Å². The molecule has 0 aliphatic carbocycles. The lowest BCUT2D eigenvalue weighted by atomic mass is 9.98. The number of rotatable bonds is 41. The Bertz CT molecular complexity index is 1640. The van der Waals surface area contributed by atoms with Gasteiger partial charge in [0.25, 0.3) is 0 Å². The number of esters is 5. The average Bonchev–Trinajstić information content (AvgIpc) is 3.33. The summed E-state index contributed by atoms with van der Waals surface area (Å²) in [6.07, 6.45) is 27.9. The van der Waals surface area contributed by atoms with E-state index in [1.165, 1.54) is 129 Å². The molecule has 1 aromatic rings. The third-order valence-electron chi connectivity index (χ3n) is 12.7. The Hall–Kier alpha value is -4.30. The lowest BCUT2D eigenvalue weighted by molar-refractivity contribution is -0.309. The van der Waals surface area contributed by atoms with E-state index in [1.807, 2.05) is 6.08 Å². The number of carbonyl (C=O) groups excluding carboxylic acids is 6. The first-order valence-electron chi connectivity index (χ1n) is 27.5. The van der Waals surface area contributed by atoms with E-state index in [2.05, 4.69) is 19.2 Å². The number of hydrogen-bond donors (Lipinski definition) is 1. The molecular formula is C57H93NO13. The zero-order chi connectivity index (χ0) is 51.9. The fourth-order valence-electron chi connectivity index (χ4n) is 8.85. The highest BCUT2D eigenvalue weighted by molar-refractivity contribution is 5.89. The highest BCUT2D eigenvalue weighted by Gasteiger charge is 2.53. The second kappa shape index (κ2) is 40.2. The van der Waals surface area contributed by atoms with E-state index in [1.54, 1.807) is 36.4 Å². The van der Waals surface area contributed by atoms with Crippen LogP contribution in [0.1, 0.15) is 232 Å². The summed E-state index contributed by atoms with van der Waals surface area (Å²) in [5.74, 6) is -3.85. The van der Waals surface area contributed by atoms with E-state index in [9.17, 15) is 28.8 Å². The van der Waals surface area contributed by atoms with Crippen molar-refractivity contribution in [2.45, 2.75) is 264 Å². The first-order chi connectivity index (χ1) is 34.4. The molecule has 1 aromatic carbocycles. The van der Waals surface area contributed by atoms with Crippen LogP contribution in [-0.4, -0.2) is 91.8 Å². The van der Waals surface area contributed by atoms with Gasteiger partial charge < -0.3 is 38.5 Å². The third kappa shape index (κ3) is 30.4. The van der Waals surface area contributed by atoms with Gasteiger partial charge in [-0.2, -0.15) is 0 Å². The summed E-state index contributed by atoms with van der Waals surface area (Å²) >= 11 is 0. The van der Waals surface area contributed by atoms with Crippen LogP contribution in [0, 0.1) is 0 Å². The predicted octanol–water partition coefficient (Wildman–Crippen LogP) is 12.3. The van der Waals surface area contributed by atoms with Crippen LogP contribution < -0.4 is 5.32 Å². The molecule has 0 spiro atoms. The molecule has 1 heterocycles. The second-order valence-electron chi connectivity index (χ2n) is 19.3. The monoisotopic (exact) mass is 1000 g/mol. The van der Waals surface area contributed by atoms with E-state index in [-0.39, 0.29) is 18.9 Å². The molecule has 0 aromatic heterocycles. The maximum Gasteiger partial charge on any atom is 0.338 e. The number of benzene rings is 1. The maximum absolute atomic E-state index is 13.8. The van der Waals surface area contributed by atoms with Crippen LogP contribution in [0.25, 0.3) is 0 Å². The van der Waals surface area contributed by atoms with Crippen molar-refractivity contribution < 1.29 is 61.9 Å². The molecule has 0 bridgehead atoms. The van der Waals surface area contributed by atoms with Crippen LogP contribution in [0.5, 0.6) is 0 Å². The molecule has 1 amide bonds. The van der Waals surface area contributed by atoms with Crippen LogP contribution in [0.4, 0.5) is 0 Å². The molecule has 0 saturated carbocycles. The van der Waals surface area contributed by atoms with Crippen LogP contribution in [0.15, 0.2) is 42.5 Å². The topological polar surface area (TPSA) is 179 Å². The maximum atomic E-state index is 13.8. The molecule has 1 N–H and O–H groups in total. The molecule has 0 unspecified atom stereocenters. The summed E-state index contributed by atoms with van der Waals surface area (Å²) in [5.41, 5.74) is 0.319. The van der Waals surface area contributed by atoms with Crippen molar-refractivity contribution in [2.24, 2.45) is 0 Å². The van der Waals surface area contributed by atoms with Crippen LogP contribution >= 0.6 is 0 Å². The highest BCUT2D eigenvalue weighted by Crippen LogP contribution is 2.30. The van der Waals surface area contributed by atoms with Gasteiger partial charge in [0.2, 0.25) is 5.91 Å². The number of allylic oxidation sites excluding steroid dienone is 1. The fourth-order valence-corrected chi connectivity index (χ4v) is 8.85. The van der Waals surface area contributed by atoms with Crippen molar-refractivity contribution in [3.63, 3.8) is 0 Å². The number of ether oxygens (including phenoxy) is 7. The molecule has 0 radical (unpaired) electrons. The molecule has 71 heavy (non-hydrogen) atoms. The summed E-state index contributed by atoms with van der Waals surface area (Å²) in [6.45, 7) is 8.33. The molecule has 1 fully saturated rings. The Labute approximate surface area is 427 Å². The SMILES string of the molecule is CCCCCCCCCCCCC/C=C/[C@@H](OC(=O)c1ccccc1)[C@H](CO[C@@H]1O[C@H](COC(C)=O)[C@@H](OC(C)=O)[C@H](OC(C)=O)[C@H]1OC(C)=O)NC(=O)CCCCCCCCCCCCCCCCC. The summed E-state index contributed by atoms with van der Waals surface area (Å²) in [5, 5.41) is 3.07. The summed E-state index contributed by atoms with van der Waals surface area (Å²) in [6, 6.07) is 7.57. The third-order valence-corrected chi connectivity index (χ3v) is 12.7. The van der Waals surface area contributed by atoms with Crippen molar-refractivity contribution in [2.75, 3.05) is 13.2 Å². The minimum Gasteiger partial charge on any atom is -0.463 e. The Morgan fingerprint density at radius 2 is 1.01 bits per heavy atom. The van der Waals surface area contributed by atoms with Gasteiger partial charge in [0.15, 0.2) is 24.6 Å². The van der Waals surface area contributed by atoms with Crippen molar-refractivity contribution in [1.29, 1.82) is 0 Å². The van der Waals surface area contributed by atoms with E-state index in [4.69, 9.17) is 33.2 Å². The predicted molar refractivity (Wildman–Crippen MR) is 275 cm³/mol. The largest absolute Gasteiger partial charge is 0.463 e. The van der Waals surface area contributed by atoms with Crippen LogP contribution in [0.2, 0.25) is 0 Å². The van der Waals surface area contributed by atoms with Gasteiger partial charge in [-0.1, -0.05) is 192 Å². The summed E-state index contributed by atoms with van der Waals surface area (Å²) in [4.78, 5) is 76.9. The van der Waals surface area contributed by atoms with Gasteiger partial charge in [-0.05, 0) is 37.5 Å². The van der Waals surface area contributed by atoms with E-state index in [0.29, 0.717) is 12.0 Å². The normalized spacial score (nSPS) is 18.6. The van der Waals surface area contributed by atoms with Crippen molar-refractivity contribution in [1.82, 2.24) is 5.32 Å². The van der Waals surface area contributed by atoms with Gasteiger partial charge in [-0.15, -0.1) is 0 Å². The Kier molecular flexibility index (Phi) is 35.6. The second-order valence-corrected chi connectivity index (χ2v) is 19.3. The fraction of sp³-hybridized carbons (Fsp3) is 0.754. The minimum atomic E-state index is -1.50. The lowest BCUT2D eigenvalue weighted by Gasteiger charge is -2.44. The molecular weight excluding hydrogens is 907 g/mol. The zero-order valence-corrected chi connectivity index (χ0v) is 44.6. The molecule has 14 heteroatoms. The van der Waals surface area contributed by atoms with Gasteiger partial charge >= 0.3 is 29.8 Å². The number of hydrogen-bond acceptors (Lipinski definition) is 13.